The molecule has 4 rings (SSSR count). The molecule has 28 heavy (non-hydrogen) atoms. The quantitative estimate of drug-likeness (QED) is 0.747. The Hall–Kier alpha value is -1.79. The average Bonchev–Trinajstić information content (AvgIpc) is 3.56. The van der Waals surface area contributed by atoms with Gasteiger partial charge in [-0.15, -0.1) is 0 Å². The van der Waals surface area contributed by atoms with Gasteiger partial charge < -0.3 is 23.8 Å². The topological polar surface area (TPSA) is 57.2 Å². The van der Waals surface area contributed by atoms with Gasteiger partial charge in [-0.2, -0.15) is 0 Å². The number of rotatable bonds is 6. The van der Waals surface area contributed by atoms with E-state index in [0.29, 0.717) is 36.3 Å². The Labute approximate surface area is 167 Å². The molecule has 2 saturated heterocycles. The summed E-state index contributed by atoms with van der Waals surface area (Å²) in [6.07, 6.45) is 6.64. The SMILES string of the molecule is COc1ccc(C(=O)N2CCC3(CC2)CC(OCC2CC2)CCO3)cc1OC. The second kappa shape index (κ2) is 8.29. The molecule has 2 aliphatic heterocycles. The Morgan fingerprint density at radius 1 is 1.14 bits per heavy atom. The van der Waals surface area contributed by atoms with Crippen LogP contribution in [-0.4, -0.2) is 63.0 Å². The van der Waals surface area contributed by atoms with Gasteiger partial charge in [0, 0.05) is 38.3 Å². The van der Waals surface area contributed by atoms with Gasteiger partial charge in [-0.05, 0) is 56.2 Å². The van der Waals surface area contributed by atoms with Crippen molar-refractivity contribution in [3.63, 3.8) is 0 Å². The van der Waals surface area contributed by atoms with Crippen molar-refractivity contribution in [1.29, 1.82) is 0 Å². The number of nitrogens with zero attached hydrogens (tertiary/aromatic N) is 1. The van der Waals surface area contributed by atoms with Crippen LogP contribution in [0.4, 0.5) is 0 Å². The lowest BCUT2D eigenvalue weighted by Gasteiger charge is -2.46. The fraction of sp³-hybridized carbons (Fsp3) is 0.682. The number of benzene rings is 1. The molecule has 0 N–H and O–H groups in total. The maximum atomic E-state index is 13.0. The monoisotopic (exact) mass is 389 g/mol. The van der Waals surface area contributed by atoms with Crippen LogP contribution in [0.2, 0.25) is 0 Å². The number of amides is 1. The molecule has 2 heterocycles. The molecule has 1 aromatic rings. The highest BCUT2D eigenvalue weighted by Crippen LogP contribution is 2.38. The number of methoxy groups -OCH3 is 2. The van der Waals surface area contributed by atoms with Gasteiger partial charge >= 0.3 is 0 Å². The van der Waals surface area contributed by atoms with E-state index < -0.39 is 0 Å². The summed E-state index contributed by atoms with van der Waals surface area (Å²) < 4.78 is 22.9. The Balaban J connectivity index is 1.34. The lowest BCUT2D eigenvalue weighted by atomic mass is 9.83. The highest BCUT2D eigenvalue weighted by Gasteiger charge is 2.42. The molecule has 154 valence electrons. The molecule has 1 amide bonds. The summed E-state index contributed by atoms with van der Waals surface area (Å²) in [5.41, 5.74) is 0.504. The number of carbonyl (C=O) groups is 1. The van der Waals surface area contributed by atoms with Gasteiger partial charge in [0.15, 0.2) is 11.5 Å². The zero-order valence-corrected chi connectivity index (χ0v) is 16.9. The summed E-state index contributed by atoms with van der Waals surface area (Å²) in [7, 11) is 3.17. The third-order valence-corrected chi connectivity index (χ3v) is 6.30. The number of piperidine rings is 1. The van der Waals surface area contributed by atoms with Crippen LogP contribution in [-0.2, 0) is 9.47 Å². The predicted molar refractivity (Wildman–Crippen MR) is 105 cm³/mol. The average molecular weight is 389 g/mol. The van der Waals surface area contributed by atoms with E-state index in [2.05, 4.69) is 0 Å². The van der Waals surface area contributed by atoms with Crippen LogP contribution in [0.5, 0.6) is 11.5 Å². The molecule has 1 saturated carbocycles. The number of hydrogen-bond acceptors (Lipinski definition) is 5. The van der Waals surface area contributed by atoms with E-state index in [1.165, 1.54) is 12.8 Å². The molecule has 1 unspecified atom stereocenters. The van der Waals surface area contributed by atoms with Crippen molar-refractivity contribution in [2.24, 2.45) is 5.92 Å². The Bertz CT molecular complexity index is 694. The molecule has 6 nitrogen and oxygen atoms in total. The zero-order valence-electron chi connectivity index (χ0n) is 16.9. The largest absolute Gasteiger partial charge is 0.493 e. The van der Waals surface area contributed by atoms with Crippen LogP contribution in [0.25, 0.3) is 0 Å². The van der Waals surface area contributed by atoms with Crippen molar-refractivity contribution in [1.82, 2.24) is 4.90 Å². The first-order chi connectivity index (χ1) is 13.6. The van der Waals surface area contributed by atoms with Crippen molar-refractivity contribution < 1.29 is 23.7 Å². The smallest absolute Gasteiger partial charge is 0.253 e. The van der Waals surface area contributed by atoms with E-state index in [0.717, 1.165) is 44.8 Å². The van der Waals surface area contributed by atoms with Gasteiger partial charge in [0.2, 0.25) is 0 Å². The van der Waals surface area contributed by atoms with Crippen molar-refractivity contribution >= 4 is 5.91 Å². The van der Waals surface area contributed by atoms with Crippen LogP contribution in [0.15, 0.2) is 18.2 Å². The Morgan fingerprint density at radius 3 is 2.57 bits per heavy atom. The van der Waals surface area contributed by atoms with Gasteiger partial charge in [-0.3, -0.25) is 4.79 Å². The fourth-order valence-corrected chi connectivity index (χ4v) is 4.30. The molecular formula is C22H31NO5. The summed E-state index contributed by atoms with van der Waals surface area (Å²) >= 11 is 0. The molecule has 0 bridgehead atoms. The molecule has 6 heteroatoms. The van der Waals surface area contributed by atoms with Gasteiger partial charge in [-0.25, -0.2) is 0 Å². The molecule has 0 aromatic heterocycles. The van der Waals surface area contributed by atoms with E-state index in [1.807, 2.05) is 4.90 Å². The first-order valence-electron chi connectivity index (χ1n) is 10.4. The second-order valence-corrected chi connectivity index (χ2v) is 8.28. The molecular weight excluding hydrogens is 358 g/mol. The summed E-state index contributed by atoms with van der Waals surface area (Å²) in [6.45, 7) is 3.09. The number of carbonyl (C=O) groups excluding carboxylic acids is 1. The molecule has 1 aromatic carbocycles. The molecule has 1 aliphatic carbocycles. The lowest BCUT2D eigenvalue weighted by molar-refractivity contribution is -0.153. The minimum Gasteiger partial charge on any atom is -0.493 e. The first kappa shape index (κ1) is 19.5. The van der Waals surface area contributed by atoms with Crippen molar-refractivity contribution in [3.8, 4) is 11.5 Å². The molecule has 3 fully saturated rings. The van der Waals surface area contributed by atoms with E-state index in [1.54, 1.807) is 32.4 Å². The Kier molecular flexibility index (Phi) is 5.78. The molecule has 3 aliphatic rings. The summed E-state index contributed by atoms with van der Waals surface area (Å²) in [6, 6.07) is 5.33. The van der Waals surface area contributed by atoms with Crippen LogP contribution >= 0.6 is 0 Å². The normalized spacial score (nSPS) is 24.2. The van der Waals surface area contributed by atoms with Gasteiger partial charge in [0.05, 0.1) is 25.9 Å². The van der Waals surface area contributed by atoms with Crippen LogP contribution in [0.1, 0.15) is 48.9 Å². The minimum atomic E-state index is -0.124. The van der Waals surface area contributed by atoms with E-state index in [4.69, 9.17) is 18.9 Å². The van der Waals surface area contributed by atoms with Gasteiger partial charge in [0.25, 0.3) is 5.91 Å². The molecule has 0 radical (unpaired) electrons. The number of likely N-dealkylation sites (tertiary alicyclic amines) is 1. The highest BCUT2D eigenvalue weighted by atomic mass is 16.5. The summed E-state index contributed by atoms with van der Waals surface area (Å²) in [5, 5.41) is 0. The minimum absolute atomic E-state index is 0.0353. The van der Waals surface area contributed by atoms with Crippen molar-refractivity contribution in [2.75, 3.05) is 40.5 Å². The summed E-state index contributed by atoms with van der Waals surface area (Å²) in [5.74, 6) is 2.03. The Morgan fingerprint density at radius 2 is 1.89 bits per heavy atom. The van der Waals surface area contributed by atoms with E-state index >= 15 is 0 Å². The third-order valence-electron chi connectivity index (χ3n) is 6.30. The third kappa shape index (κ3) is 4.28. The maximum absolute atomic E-state index is 13.0. The van der Waals surface area contributed by atoms with E-state index in [-0.39, 0.29) is 11.5 Å². The molecule has 1 atom stereocenters. The second-order valence-electron chi connectivity index (χ2n) is 8.28. The highest BCUT2D eigenvalue weighted by molar-refractivity contribution is 5.95. The maximum Gasteiger partial charge on any atom is 0.253 e. The molecule has 1 spiro atoms. The van der Waals surface area contributed by atoms with Crippen molar-refractivity contribution in [3.05, 3.63) is 23.8 Å². The van der Waals surface area contributed by atoms with Crippen LogP contribution in [0.3, 0.4) is 0 Å². The van der Waals surface area contributed by atoms with Gasteiger partial charge in [0.1, 0.15) is 0 Å². The fourth-order valence-electron chi connectivity index (χ4n) is 4.30. The predicted octanol–water partition coefficient (Wildman–Crippen LogP) is 3.28. The van der Waals surface area contributed by atoms with Crippen LogP contribution < -0.4 is 9.47 Å². The lowest BCUT2D eigenvalue weighted by Crippen LogP contribution is -2.52. The standard InChI is InChI=1S/C22H31NO5/c1-25-19-6-5-17(13-20(19)26-2)21(24)23-10-8-22(9-11-23)14-18(7-12-28-22)27-15-16-3-4-16/h5-6,13,16,18H,3-4,7-12,14-15H2,1-2H3. The van der Waals surface area contributed by atoms with E-state index in [9.17, 15) is 4.79 Å². The first-order valence-corrected chi connectivity index (χ1v) is 10.4. The number of ether oxygens (including phenoxy) is 4. The van der Waals surface area contributed by atoms with Crippen molar-refractivity contribution in [2.45, 2.75) is 50.2 Å². The summed E-state index contributed by atoms with van der Waals surface area (Å²) in [4.78, 5) is 14.9. The zero-order chi connectivity index (χ0) is 19.6. The van der Waals surface area contributed by atoms with Gasteiger partial charge in [-0.1, -0.05) is 0 Å². The van der Waals surface area contributed by atoms with Crippen LogP contribution in [0, 0.1) is 5.92 Å². The number of hydrogen-bond donors (Lipinski definition) is 0.